The number of carboxylic acid groups (broad SMARTS) is 1. The van der Waals surface area contributed by atoms with Crippen LogP contribution in [-0.4, -0.2) is 16.0 Å². The summed E-state index contributed by atoms with van der Waals surface area (Å²) in [5.41, 5.74) is 0.812. The van der Waals surface area contributed by atoms with Crippen LogP contribution in [-0.2, 0) is 5.75 Å². The van der Waals surface area contributed by atoms with Gasteiger partial charge in [-0.3, -0.25) is 10.1 Å². The van der Waals surface area contributed by atoms with Crippen molar-refractivity contribution in [3.63, 3.8) is 0 Å². The third-order valence-electron chi connectivity index (χ3n) is 2.38. The first kappa shape index (κ1) is 13.6. The average Bonchev–Trinajstić information content (AvgIpc) is 2.85. The van der Waals surface area contributed by atoms with Crippen LogP contribution < -0.4 is 0 Å². The second-order valence-electron chi connectivity index (χ2n) is 3.62. The van der Waals surface area contributed by atoms with Crippen molar-refractivity contribution in [3.8, 4) is 0 Å². The van der Waals surface area contributed by atoms with Crippen LogP contribution in [0.4, 0.5) is 5.69 Å². The predicted octanol–water partition coefficient (Wildman–Crippen LogP) is 3.65. The summed E-state index contributed by atoms with van der Waals surface area (Å²) >= 11 is 2.65. The Morgan fingerprint density at radius 3 is 2.58 bits per heavy atom. The molecule has 0 amide bonds. The number of nitro groups is 1. The maximum absolute atomic E-state index is 10.9. The van der Waals surface area contributed by atoms with Gasteiger partial charge in [0, 0.05) is 22.8 Å². The summed E-state index contributed by atoms with van der Waals surface area (Å²) in [6, 6.07) is 7.99. The van der Waals surface area contributed by atoms with Gasteiger partial charge in [0.25, 0.3) is 5.69 Å². The van der Waals surface area contributed by atoms with Crippen LogP contribution in [0.1, 0.15) is 15.2 Å². The van der Waals surface area contributed by atoms with Gasteiger partial charge in [-0.2, -0.15) is 0 Å². The van der Waals surface area contributed by atoms with Crippen molar-refractivity contribution in [2.24, 2.45) is 0 Å². The van der Waals surface area contributed by atoms with Crippen LogP contribution in [0, 0.1) is 10.1 Å². The Kier molecular flexibility index (Phi) is 4.18. The normalized spacial score (nSPS) is 10.3. The zero-order valence-corrected chi connectivity index (χ0v) is 11.2. The molecule has 0 radical (unpaired) electrons. The summed E-state index contributed by atoms with van der Waals surface area (Å²) < 4.78 is 0. The van der Waals surface area contributed by atoms with E-state index < -0.39 is 10.9 Å². The Balaban J connectivity index is 2.04. The SMILES string of the molecule is O=C(O)c1sccc1CSc1ccc([N+](=O)[O-])cc1. The number of carbonyl (C=O) groups is 1. The fraction of sp³-hybridized carbons (Fsp3) is 0.0833. The maximum atomic E-state index is 10.9. The Bertz CT molecular complexity index is 606. The summed E-state index contributed by atoms with van der Waals surface area (Å²) in [6.07, 6.45) is 0. The van der Waals surface area contributed by atoms with Gasteiger partial charge in [0.2, 0.25) is 0 Å². The van der Waals surface area contributed by atoms with E-state index in [0.29, 0.717) is 10.6 Å². The molecule has 98 valence electrons. The number of aromatic carboxylic acids is 1. The van der Waals surface area contributed by atoms with Crippen LogP contribution in [0.15, 0.2) is 40.6 Å². The number of thioether (sulfide) groups is 1. The number of nitrogens with zero attached hydrogens (tertiary/aromatic N) is 1. The van der Waals surface area contributed by atoms with Crippen LogP contribution >= 0.6 is 23.1 Å². The largest absolute Gasteiger partial charge is 0.477 e. The maximum Gasteiger partial charge on any atom is 0.346 e. The fourth-order valence-electron chi connectivity index (χ4n) is 1.46. The van der Waals surface area contributed by atoms with Crippen molar-refractivity contribution < 1.29 is 14.8 Å². The van der Waals surface area contributed by atoms with Gasteiger partial charge in [0.05, 0.1) is 4.92 Å². The van der Waals surface area contributed by atoms with Gasteiger partial charge in [-0.25, -0.2) is 4.79 Å². The first-order valence-electron chi connectivity index (χ1n) is 5.25. The molecule has 0 unspecified atom stereocenters. The molecule has 1 heterocycles. The number of benzene rings is 1. The highest BCUT2D eigenvalue weighted by molar-refractivity contribution is 7.98. The van der Waals surface area contributed by atoms with E-state index in [4.69, 9.17) is 5.11 Å². The van der Waals surface area contributed by atoms with E-state index in [2.05, 4.69) is 0 Å². The first-order chi connectivity index (χ1) is 9.08. The van der Waals surface area contributed by atoms with E-state index in [1.165, 1.54) is 35.2 Å². The lowest BCUT2D eigenvalue weighted by Crippen LogP contribution is -1.96. The second-order valence-corrected chi connectivity index (χ2v) is 5.58. The smallest absolute Gasteiger partial charge is 0.346 e. The molecular formula is C12H9NO4S2. The Hall–Kier alpha value is -1.86. The topological polar surface area (TPSA) is 80.4 Å². The average molecular weight is 295 g/mol. The number of non-ortho nitro benzene ring substituents is 1. The Morgan fingerprint density at radius 2 is 2.00 bits per heavy atom. The quantitative estimate of drug-likeness (QED) is 0.517. The van der Waals surface area contributed by atoms with E-state index in [1.54, 1.807) is 23.6 Å². The van der Waals surface area contributed by atoms with Crippen molar-refractivity contribution in [2.45, 2.75) is 10.6 Å². The molecule has 0 saturated heterocycles. The van der Waals surface area contributed by atoms with E-state index in [9.17, 15) is 14.9 Å². The highest BCUT2D eigenvalue weighted by Crippen LogP contribution is 2.28. The number of thiophene rings is 1. The number of hydrogen-bond donors (Lipinski definition) is 1. The van der Waals surface area contributed by atoms with Crippen molar-refractivity contribution in [1.82, 2.24) is 0 Å². The summed E-state index contributed by atoms with van der Waals surface area (Å²) in [6.45, 7) is 0. The molecule has 2 aromatic rings. The minimum Gasteiger partial charge on any atom is -0.477 e. The molecule has 0 aliphatic rings. The molecule has 0 atom stereocenters. The lowest BCUT2D eigenvalue weighted by Gasteiger charge is -2.01. The Labute approximate surface area is 117 Å². The van der Waals surface area contributed by atoms with E-state index in [1.807, 2.05) is 0 Å². The molecule has 19 heavy (non-hydrogen) atoms. The van der Waals surface area contributed by atoms with Crippen LogP contribution in [0.5, 0.6) is 0 Å². The molecule has 0 fully saturated rings. The minimum atomic E-state index is -0.922. The summed E-state index contributed by atoms with van der Waals surface area (Å²) in [5.74, 6) is -0.391. The second kappa shape index (κ2) is 5.85. The Morgan fingerprint density at radius 1 is 1.32 bits per heavy atom. The van der Waals surface area contributed by atoms with Crippen LogP contribution in [0.3, 0.4) is 0 Å². The van der Waals surface area contributed by atoms with Crippen molar-refractivity contribution in [1.29, 1.82) is 0 Å². The minimum absolute atomic E-state index is 0.0473. The van der Waals surface area contributed by atoms with Gasteiger partial charge in [0.15, 0.2) is 0 Å². The lowest BCUT2D eigenvalue weighted by atomic mass is 10.3. The summed E-state index contributed by atoms with van der Waals surface area (Å²) in [7, 11) is 0. The molecule has 1 aromatic carbocycles. The zero-order chi connectivity index (χ0) is 13.8. The van der Waals surface area contributed by atoms with Gasteiger partial charge in [-0.15, -0.1) is 23.1 Å². The van der Waals surface area contributed by atoms with E-state index >= 15 is 0 Å². The third-order valence-corrected chi connectivity index (χ3v) is 4.39. The highest BCUT2D eigenvalue weighted by Gasteiger charge is 2.12. The summed E-state index contributed by atoms with van der Waals surface area (Å²) in [5, 5.41) is 21.2. The van der Waals surface area contributed by atoms with E-state index in [0.717, 1.165) is 10.5 Å². The molecular weight excluding hydrogens is 286 g/mol. The third kappa shape index (κ3) is 3.33. The standard InChI is InChI=1S/C12H9NO4S2/c14-12(15)11-8(5-6-18-11)7-19-10-3-1-9(2-4-10)13(16)17/h1-6H,7H2,(H,14,15). The summed E-state index contributed by atoms with van der Waals surface area (Å²) in [4.78, 5) is 22.2. The van der Waals surface area contributed by atoms with Crippen molar-refractivity contribution in [2.75, 3.05) is 0 Å². The molecule has 0 aliphatic carbocycles. The van der Waals surface area contributed by atoms with Gasteiger partial charge in [-0.05, 0) is 29.1 Å². The lowest BCUT2D eigenvalue weighted by molar-refractivity contribution is -0.384. The van der Waals surface area contributed by atoms with E-state index in [-0.39, 0.29) is 5.69 Å². The highest BCUT2D eigenvalue weighted by atomic mass is 32.2. The number of nitro benzene ring substituents is 1. The predicted molar refractivity (Wildman–Crippen MR) is 73.9 cm³/mol. The van der Waals surface area contributed by atoms with Crippen molar-refractivity contribution in [3.05, 3.63) is 56.3 Å². The van der Waals surface area contributed by atoms with Gasteiger partial charge in [-0.1, -0.05) is 0 Å². The molecule has 7 heteroatoms. The van der Waals surface area contributed by atoms with Gasteiger partial charge < -0.3 is 5.11 Å². The zero-order valence-electron chi connectivity index (χ0n) is 9.61. The number of rotatable bonds is 5. The molecule has 0 aliphatic heterocycles. The molecule has 1 N–H and O–H groups in total. The molecule has 2 rings (SSSR count). The number of carboxylic acids is 1. The van der Waals surface area contributed by atoms with Crippen LogP contribution in [0.2, 0.25) is 0 Å². The van der Waals surface area contributed by atoms with Crippen molar-refractivity contribution >= 4 is 34.8 Å². The number of hydrogen-bond acceptors (Lipinski definition) is 5. The molecule has 1 aromatic heterocycles. The molecule has 0 spiro atoms. The first-order valence-corrected chi connectivity index (χ1v) is 7.11. The van der Waals surface area contributed by atoms with Gasteiger partial charge >= 0.3 is 5.97 Å². The monoisotopic (exact) mass is 295 g/mol. The van der Waals surface area contributed by atoms with Gasteiger partial charge in [0.1, 0.15) is 4.88 Å². The molecule has 0 bridgehead atoms. The molecule has 0 saturated carbocycles. The molecule has 5 nitrogen and oxygen atoms in total. The van der Waals surface area contributed by atoms with Crippen LogP contribution in [0.25, 0.3) is 0 Å². The fourth-order valence-corrected chi connectivity index (χ4v) is 3.21.